The smallest absolute Gasteiger partial charge is 0.353 e. The number of carbonyl (C=O) groups excluding carboxylic acids is 4. The average molecular weight is 509 g/mol. The van der Waals surface area contributed by atoms with Crippen LogP contribution in [-0.4, -0.2) is 97.7 Å². The molecule has 0 saturated carbocycles. The molecule has 4 aliphatic heterocycles. The lowest BCUT2D eigenvalue weighted by Crippen LogP contribution is -2.63. The minimum absolute atomic E-state index is 0.0657. The molecule has 5 amide bonds. The topological polar surface area (TPSA) is 148 Å². The van der Waals surface area contributed by atoms with Gasteiger partial charge in [-0.2, -0.15) is 0 Å². The molecular formula is C23H32N4O7S. The number of fused-ring (bicyclic) bond motifs is 1. The van der Waals surface area contributed by atoms with E-state index >= 15 is 0 Å². The fraction of sp³-hybridized carbons (Fsp3) is 0.696. The fourth-order valence-corrected chi connectivity index (χ4v) is 6.88. The molecule has 0 bridgehead atoms. The van der Waals surface area contributed by atoms with Crippen molar-refractivity contribution in [2.75, 3.05) is 18.8 Å². The number of hydrogen-bond acceptors (Lipinski definition) is 7. The van der Waals surface area contributed by atoms with Crippen LogP contribution in [0.1, 0.15) is 46.5 Å². The standard InChI is InChI=1S/C23H32N4O7S/c1-11-16-15(13(3)28)21(31)27(16)17(22(32)33)18(11)35-10-14-20(30)26(23(34)24-14)12(2)19(29)25-8-6-4-5-7-9-25/h11-16,28H,4-10H2,1-3H3,(H,24,34)(H,32,33)/t11-,12?,13-,14+,15-,16-/m1/s1. The number of β-lactam (4-membered cyclic amide) rings is 1. The molecule has 3 N–H and O–H groups in total. The minimum Gasteiger partial charge on any atom is -0.477 e. The summed E-state index contributed by atoms with van der Waals surface area (Å²) in [5.74, 6) is -3.40. The highest BCUT2D eigenvalue weighted by Gasteiger charge is 2.60. The lowest BCUT2D eigenvalue weighted by Gasteiger charge is -2.46. The first-order valence-electron chi connectivity index (χ1n) is 12.1. The number of nitrogens with zero attached hydrogens (tertiary/aromatic N) is 3. The largest absolute Gasteiger partial charge is 0.477 e. The second-order valence-corrected chi connectivity index (χ2v) is 10.8. The van der Waals surface area contributed by atoms with E-state index in [1.54, 1.807) is 18.7 Å². The summed E-state index contributed by atoms with van der Waals surface area (Å²) in [7, 11) is 0. The molecule has 0 radical (unpaired) electrons. The van der Waals surface area contributed by atoms with Gasteiger partial charge in [0.1, 0.15) is 17.8 Å². The molecule has 0 aliphatic carbocycles. The molecule has 4 aliphatic rings. The van der Waals surface area contributed by atoms with Gasteiger partial charge in [-0.1, -0.05) is 19.8 Å². The van der Waals surface area contributed by atoms with Crippen molar-refractivity contribution in [1.29, 1.82) is 0 Å². The molecule has 11 nitrogen and oxygen atoms in total. The Labute approximate surface area is 207 Å². The van der Waals surface area contributed by atoms with Crippen molar-refractivity contribution in [2.45, 2.75) is 70.7 Å². The normalized spacial score (nSPS) is 30.6. The van der Waals surface area contributed by atoms with Crippen LogP contribution in [0.3, 0.4) is 0 Å². The predicted octanol–water partition coefficient (Wildman–Crippen LogP) is 0.585. The van der Waals surface area contributed by atoms with Crippen LogP contribution in [0.5, 0.6) is 0 Å². The molecule has 1 unspecified atom stereocenters. The zero-order valence-electron chi connectivity index (χ0n) is 20.1. The maximum Gasteiger partial charge on any atom is 0.353 e. The molecule has 6 atom stereocenters. The molecule has 3 fully saturated rings. The summed E-state index contributed by atoms with van der Waals surface area (Å²) >= 11 is 1.11. The van der Waals surface area contributed by atoms with Gasteiger partial charge >= 0.3 is 12.0 Å². The Hall–Kier alpha value is -2.60. The Morgan fingerprint density at radius 2 is 1.71 bits per heavy atom. The first-order valence-corrected chi connectivity index (χ1v) is 13.1. The number of aliphatic hydroxyl groups is 1. The van der Waals surface area contributed by atoms with Crippen molar-refractivity contribution < 1.29 is 34.2 Å². The highest BCUT2D eigenvalue weighted by molar-refractivity contribution is 8.03. The van der Waals surface area contributed by atoms with Crippen LogP contribution in [0.2, 0.25) is 0 Å². The van der Waals surface area contributed by atoms with E-state index in [4.69, 9.17) is 0 Å². The van der Waals surface area contributed by atoms with Crippen molar-refractivity contribution in [3.63, 3.8) is 0 Å². The molecule has 0 aromatic rings. The van der Waals surface area contributed by atoms with E-state index in [9.17, 15) is 34.2 Å². The van der Waals surface area contributed by atoms with Crippen molar-refractivity contribution >= 4 is 41.5 Å². The van der Waals surface area contributed by atoms with E-state index < -0.39 is 54.0 Å². The summed E-state index contributed by atoms with van der Waals surface area (Å²) in [5, 5.41) is 22.3. The molecule has 0 aromatic carbocycles. The van der Waals surface area contributed by atoms with Crippen LogP contribution in [0, 0.1) is 11.8 Å². The summed E-state index contributed by atoms with van der Waals surface area (Å²) in [6.07, 6.45) is 2.99. The molecule has 0 spiro atoms. The third-order valence-corrected chi connectivity index (χ3v) is 8.81. The summed E-state index contributed by atoms with van der Waals surface area (Å²) in [5.41, 5.74) is -0.132. The first-order chi connectivity index (χ1) is 16.6. The fourth-order valence-electron chi connectivity index (χ4n) is 5.58. The number of aliphatic carboxylic acids is 1. The van der Waals surface area contributed by atoms with E-state index in [0.717, 1.165) is 42.3 Å². The number of amides is 5. The van der Waals surface area contributed by atoms with Crippen LogP contribution >= 0.6 is 11.8 Å². The highest BCUT2D eigenvalue weighted by atomic mass is 32.2. The number of urea groups is 1. The summed E-state index contributed by atoms with van der Waals surface area (Å²) in [4.78, 5) is 67.5. The second kappa shape index (κ2) is 9.81. The average Bonchev–Trinajstić information content (AvgIpc) is 3.05. The molecule has 192 valence electrons. The van der Waals surface area contributed by atoms with Crippen LogP contribution in [0.4, 0.5) is 4.79 Å². The number of hydrogen-bond donors (Lipinski definition) is 3. The molecule has 4 rings (SSSR count). The quantitative estimate of drug-likeness (QED) is 0.334. The van der Waals surface area contributed by atoms with Crippen molar-refractivity contribution in [2.24, 2.45) is 11.8 Å². The predicted molar refractivity (Wildman–Crippen MR) is 126 cm³/mol. The first kappa shape index (κ1) is 25.5. The van der Waals surface area contributed by atoms with E-state index in [-0.39, 0.29) is 23.3 Å². The van der Waals surface area contributed by atoms with E-state index in [1.807, 2.05) is 0 Å². The number of carboxylic acid groups (broad SMARTS) is 1. The number of aliphatic hydroxyl groups excluding tert-OH is 1. The number of imide groups is 1. The lowest BCUT2D eigenvalue weighted by atomic mass is 9.79. The Morgan fingerprint density at radius 3 is 2.29 bits per heavy atom. The van der Waals surface area contributed by atoms with Crippen molar-refractivity contribution in [1.82, 2.24) is 20.0 Å². The van der Waals surface area contributed by atoms with Gasteiger partial charge in [0.2, 0.25) is 11.8 Å². The van der Waals surface area contributed by atoms with E-state index in [0.29, 0.717) is 18.0 Å². The molecule has 12 heteroatoms. The molecule has 4 heterocycles. The Bertz CT molecular complexity index is 975. The van der Waals surface area contributed by atoms with Crippen LogP contribution in [-0.2, 0) is 19.2 Å². The van der Waals surface area contributed by atoms with Crippen LogP contribution in [0.25, 0.3) is 0 Å². The zero-order chi connectivity index (χ0) is 25.6. The molecular weight excluding hydrogens is 476 g/mol. The second-order valence-electron chi connectivity index (χ2n) is 9.71. The van der Waals surface area contributed by atoms with Gasteiger partial charge in [0, 0.05) is 29.7 Å². The van der Waals surface area contributed by atoms with Gasteiger partial charge in [-0.05, 0) is 26.7 Å². The molecule has 3 saturated heterocycles. The maximum absolute atomic E-state index is 13.1. The van der Waals surface area contributed by atoms with E-state index in [1.165, 1.54) is 11.8 Å². The summed E-state index contributed by atoms with van der Waals surface area (Å²) in [6, 6.07) is -2.94. The Balaban J connectivity index is 1.44. The van der Waals surface area contributed by atoms with Gasteiger partial charge in [0.15, 0.2) is 0 Å². The third-order valence-electron chi connectivity index (χ3n) is 7.43. The van der Waals surface area contributed by atoms with E-state index in [2.05, 4.69) is 5.32 Å². The van der Waals surface area contributed by atoms with Gasteiger partial charge in [-0.25, -0.2) is 9.59 Å². The summed E-state index contributed by atoms with van der Waals surface area (Å²) in [6.45, 7) is 6.08. The van der Waals surface area contributed by atoms with Gasteiger partial charge < -0.3 is 25.3 Å². The van der Waals surface area contributed by atoms with Gasteiger partial charge in [-0.15, -0.1) is 11.8 Å². The highest BCUT2D eigenvalue weighted by Crippen LogP contribution is 2.50. The number of thioether (sulfide) groups is 1. The molecule has 35 heavy (non-hydrogen) atoms. The monoisotopic (exact) mass is 508 g/mol. The summed E-state index contributed by atoms with van der Waals surface area (Å²) < 4.78 is 0. The van der Waals surface area contributed by atoms with Crippen LogP contribution in [0.15, 0.2) is 10.6 Å². The van der Waals surface area contributed by atoms with Gasteiger partial charge in [0.25, 0.3) is 5.91 Å². The number of carbonyl (C=O) groups is 5. The number of likely N-dealkylation sites (tertiary alicyclic amines) is 1. The Kier molecular flexibility index (Phi) is 7.14. The molecule has 0 aromatic heterocycles. The number of rotatable bonds is 7. The minimum atomic E-state index is -1.25. The maximum atomic E-state index is 13.1. The SMILES string of the molecule is CC(C(=O)N1CCCCCC1)N1C(=O)N[C@@H](CSC2=C(C(=O)O)N3C(=O)[C@H]([C@@H](C)O)[C@H]3[C@H]2C)C1=O. The van der Waals surface area contributed by atoms with Crippen molar-refractivity contribution in [3.8, 4) is 0 Å². The van der Waals surface area contributed by atoms with Crippen molar-refractivity contribution in [3.05, 3.63) is 10.6 Å². The van der Waals surface area contributed by atoms with Crippen LogP contribution < -0.4 is 5.32 Å². The lowest BCUT2D eigenvalue weighted by molar-refractivity contribution is -0.163. The Morgan fingerprint density at radius 1 is 1.09 bits per heavy atom. The van der Waals surface area contributed by atoms with Gasteiger partial charge in [-0.3, -0.25) is 19.3 Å². The third kappa shape index (κ3) is 4.31. The number of carboxylic acids is 1. The number of nitrogens with one attached hydrogen (secondary N) is 1. The zero-order valence-corrected chi connectivity index (χ0v) is 20.9. The van der Waals surface area contributed by atoms with Gasteiger partial charge in [0.05, 0.1) is 18.1 Å².